The van der Waals surface area contributed by atoms with Gasteiger partial charge in [-0.1, -0.05) is 27.2 Å². The van der Waals surface area contributed by atoms with Crippen LogP contribution in [0.25, 0.3) is 0 Å². The van der Waals surface area contributed by atoms with Crippen molar-refractivity contribution >= 4 is 5.91 Å². The average molecular weight is 256 g/mol. The maximum Gasteiger partial charge on any atom is 0.237 e. The van der Waals surface area contributed by atoms with E-state index in [-0.39, 0.29) is 16.7 Å². The lowest BCUT2D eigenvalue weighted by Crippen LogP contribution is -2.52. The molecule has 0 saturated heterocycles. The summed E-state index contributed by atoms with van der Waals surface area (Å²) in [5.74, 6) is -0.0359. The lowest BCUT2D eigenvalue weighted by molar-refractivity contribution is -0.125. The minimum absolute atomic E-state index is 0.0359. The van der Waals surface area contributed by atoms with Gasteiger partial charge in [-0.15, -0.1) is 0 Å². The van der Waals surface area contributed by atoms with E-state index in [2.05, 4.69) is 5.32 Å². The second kappa shape index (κ2) is 6.02. The van der Waals surface area contributed by atoms with Crippen LogP contribution in [0.1, 0.15) is 46.5 Å². The zero-order valence-electron chi connectivity index (χ0n) is 12.2. The van der Waals surface area contributed by atoms with Crippen LogP contribution < -0.4 is 11.1 Å². The predicted molar refractivity (Wildman–Crippen MR) is 73.2 cm³/mol. The van der Waals surface area contributed by atoms with Crippen molar-refractivity contribution in [3.8, 4) is 0 Å². The fraction of sp³-hybridized carbons (Fsp3) is 0.929. The van der Waals surface area contributed by atoms with E-state index in [4.69, 9.17) is 10.5 Å². The smallest absolute Gasteiger partial charge is 0.237 e. The first kappa shape index (κ1) is 15.4. The molecule has 1 amide bonds. The Balaban J connectivity index is 2.41. The molecule has 0 aromatic rings. The molecule has 0 radical (unpaired) electrons. The molecular weight excluding hydrogens is 228 g/mol. The second-order valence-corrected chi connectivity index (χ2v) is 6.66. The van der Waals surface area contributed by atoms with E-state index >= 15 is 0 Å². The number of nitrogens with one attached hydrogen (secondary N) is 1. The minimum Gasteiger partial charge on any atom is -0.385 e. The van der Waals surface area contributed by atoms with Gasteiger partial charge in [0.25, 0.3) is 0 Å². The number of carbonyl (C=O) groups excluding carboxylic acids is 1. The SMILES string of the molecule is COCCC1(CNC(=O)[C@@H](N)C(C)(C)C)CCC1. The quantitative estimate of drug-likeness (QED) is 0.760. The van der Waals surface area contributed by atoms with Crippen molar-refractivity contribution < 1.29 is 9.53 Å². The predicted octanol–water partition coefficient (Wildman–Crippen LogP) is 1.68. The van der Waals surface area contributed by atoms with Crippen molar-refractivity contribution in [1.29, 1.82) is 0 Å². The lowest BCUT2D eigenvalue weighted by atomic mass is 9.66. The van der Waals surface area contributed by atoms with Crippen molar-refractivity contribution in [2.45, 2.75) is 52.5 Å². The van der Waals surface area contributed by atoms with E-state index in [9.17, 15) is 4.79 Å². The summed E-state index contributed by atoms with van der Waals surface area (Å²) < 4.78 is 5.14. The van der Waals surface area contributed by atoms with E-state index < -0.39 is 6.04 Å². The van der Waals surface area contributed by atoms with Gasteiger partial charge in [-0.3, -0.25) is 4.79 Å². The molecule has 1 aliphatic rings. The van der Waals surface area contributed by atoms with E-state index in [1.54, 1.807) is 7.11 Å². The summed E-state index contributed by atoms with van der Waals surface area (Å²) in [6.07, 6.45) is 4.64. The van der Waals surface area contributed by atoms with Crippen molar-refractivity contribution in [2.75, 3.05) is 20.3 Å². The molecule has 1 saturated carbocycles. The fourth-order valence-corrected chi connectivity index (χ4v) is 2.29. The molecule has 0 aromatic carbocycles. The number of rotatable bonds is 6. The molecule has 1 aliphatic carbocycles. The molecule has 0 spiro atoms. The van der Waals surface area contributed by atoms with Gasteiger partial charge in [0.1, 0.15) is 0 Å². The van der Waals surface area contributed by atoms with Gasteiger partial charge in [-0.2, -0.15) is 0 Å². The van der Waals surface area contributed by atoms with E-state index in [1.807, 2.05) is 20.8 Å². The summed E-state index contributed by atoms with van der Waals surface area (Å²) in [5.41, 5.74) is 6.01. The van der Waals surface area contributed by atoms with Crippen LogP contribution in [0.15, 0.2) is 0 Å². The normalized spacial score (nSPS) is 20.1. The fourth-order valence-electron chi connectivity index (χ4n) is 2.29. The van der Waals surface area contributed by atoms with E-state index in [0.717, 1.165) is 19.6 Å². The molecule has 0 unspecified atom stereocenters. The van der Waals surface area contributed by atoms with Gasteiger partial charge >= 0.3 is 0 Å². The van der Waals surface area contributed by atoms with Gasteiger partial charge in [-0.25, -0.2) is 0 Å². The summed E-state index contributed by atoms with van der Waals surface area (Å²) in [6.45, 7) is 7.46. The number of nitrogens with two attached hydrogens (primary N) is 1. The minimum atomic E-state index is -0.447. The molecule has 1 rings (SSSR count). The highest BCUT2D eigenvalue weighted by atomic mass is 16.5. The third-order valence-corrected chi connectivity index (χ3v) is 4.10. The Bertz CT molecular complexity index is 280. The monoisotopic (exact) mass is 256 g/mol. The zero-order chi connectivity index (χ0) is 13.8. The Morgan fingerprint density at radius 2 is 2.06 bits per heavy atom. The van der Waals surface area contributed by atoms with Gasteiger partial charge in [-0.05, 0) is 30.1 Å². The Kier molecular flexibility index (Phi) is 5.17. The van der Waals surface area contributed by atoms with Crippen molar-refractivity contribution in [2.24, 2.45) is 16.6 Å². The maximum atomic E-state index is 12.0. The summed E-state index contributed by atoms with van der Waals surface area (Å²) in [4.78, 5) is 12.0. The van der Waals surface area contributed by atoms with Gasteiger partial charge in [0.2, 0.25) is 5.91 Å². The molecule has 0 heterocycles. The number of ether oxygens (including phenoxy) is 1. The van der Waals surface area contributed by atoms with Gasteiger partial charge in [0.15, 0.2) is 0 Å². The highest BCUT2D eigenvalue weighted by Gasteiger charge is 2.37. The van der Waals surface area contributed by atoms with Crippen LogP contribution >= 0.6 is 0 Å². The Hall–Kier alpha value is -0.610. The van der Waals surface area contributed by atoms with Crippen molar-refractivity contribution in [1.82, 2.24) is 5.32 Å². The first-order chi connectivity index (χ1) is 8.31. The second-order valence-electron chi connectivity index (χ2n) is 6.66. The Morgan fingerprint density at radius 3 is 2.44 bits per heavy atom. The third kappa shape index (κ3) is 3.95. The topological polar surface area (TPSA) is 64.3 Å². The molecule has 0 aromatic heterocycles. The van der Waals surface area contributed by atoms with Crippen LogP contribution in [0.3, 0.4) is 0 Å². The first-order valence-electron chi connectivity index (χ1n) is 6.83. The summed E-state index contributed by atoms with van der Waals surface area (Å²) in [7, 11) is 1.72. The van der Waals surface area contributed by atoms with Crippen LogP contribution in [0.5, 0.6) is 0 Å². The van der Waals surface area contributed by atoms with Crippen LogP contribution in [0.2, 0.25) is 0 Å². The highest BCUT2D eigenvalue weighted by Crippen LogP contribution is 2.43. The van der Waals surface area contributed by atoms with Crippen molar-refractivity contribution in [3.63, 3.8) is 0 Å². The summed E-state index contributed by atoms with van der Waals surface area (Å²) >= 11 is 0. The van der Waals surface area contributed by atoms with E-state index in [0.29, 0.717) is 0 Å². The number of amides is 1. The van der Waals surface area contributed by atoms with Gasteiger partial charge in [0, 0.05) is 20.3 Å². The molecule has 4 nitrogen and oxygen atoms in total. The molecule has 106 valence electrons. The zero-order valence-corrected chi connectivity index (χ0v) is 12.2. The van der Waals surface area contributed by atoms with E-state index in [1.165, 1.54) is 19.3 Å². The number of hydrogen-bond acceptors (Lipinski definition) is 3. The average Bonchev–Trinajstić information content (AvgIpc) is 2.24. The maximum absolute atomic E-state index is 12.0. The van der Waals surface area contributed by atoms with Crippen LogP contribution in [0, 0.1) is 10.8 Å². The highest BCUT2D eigenvalue weighted by molar-refractivity contribution is 5.82. The molecule has 1 atom stereocenters. The molecule has 0 aliphatic heterocycles. The Morgan fingerprint density at radius 1 is 1.44 bits per heavy atom. The summed E-state index contributed by atoms with van der Waals surface area (Å²) in [6, 6.07) is -0.447. The molecule has 18 heavy (non-hydrogen) atoms. The molecule has 1 fully saturated rings. The molecule has 3 N–H and O–H groups in total. The molecule has 0 bridgehead atoms. The Labute approximate surface area is 111 Å². The number of carbonyl (C=O) groups is 1. The first-order valence-corrected chi connectivity index (χ1v) is 6.83. The standard InChI is InChI=1S/C14H28N2O2/c1-13(2,3)11(15)12(17)16-10-14(6-5-7-14)8-9-18-4/h11H,5-10,15H2,1-4H3,(H,16,17)/t11-/m1/s1. The molecule has 4 heteroatoms. The third-order valence-electron chi connectivity index (χ3n) is 4.10. The number of hydrogen-bond donors (Lipinski definition) is 2. The summed E-state index contributed by atoms with van der Waals surface area (Å²) in [5, 5.41) is 3.02. The lowest BCUT2D eigenvalue weighted by Gasteiger charge is -2.42. The largest absolute Gasteiger partial charge is 0.385 e. The van der Waals surface area contributed by atoms with Crippen LogP contribution in [-0.2, 0) is 9.53 Å². The molecular formula is C14H28N2O2. The van der Waals surface area contributed by atoms with Gasteiger partial charge < -0.3 is 15.8 Å². The number of methoxy groups -OCH3 is 1. The van der Waals surface area contributed by atoms with Gasteiger partial charge in [0.05, 0.1) is 6.04 Å². The van der Waals surface area contributed by atoms with Crippen LogP contribution in [0.4, 0.5) is 0 Å². The van der Waals surface area contributed by atoms with Crippen molar-refractivity contribution in [3.05, 3.63) is 0 Å². The van der Waals surface area contributed by atoms with Crippen LogP contribution in [-0.4, -0.2) is 32.2 Å².